The van der Waals surface area contributed by atoms with Crippen LogP contribution in [0.2, 0.25) is 0 Å². The molecule has 7 nitrogen and oxygen atoms in total. The van der Waals surface area contributed by atoms with Crippen LogP contribution in [-0.2, 0) is 13.1 Å². The van der Waals surface area contributed by atoms with Gasteiger partial charge < -0.3 is 39.7 Å². The number of hydrogen-bond acceptors (Lipinski definition) is 4. The molecule has 0 radical (unpaired) electrons. The summed E-state index contributed by atoms with van der Waals surface area (Å²) in [6.45, 7) is 1.21. The molecule has 0 aliphatic carbocycles. The Kier molecular flexibility index (Phi) is 11.3. The molecule has 30 heavy (non-hydrogen) atoms. The van der Waals surface area contributed by atoms with Crippen LogP contribution < -0.4 is 34.6 Å². The Morgan fingerprint density at radius 3 is 1.87 bits per heavy atom. The van der Waals surface area contributed by atoms with Crippen LogP contribution in [0.4, 0.5) is 5.69 Å². The lowest BCUT2D eigenvalue weighted by molar-refractivity contribution is -0.873. The number of rotatable bonds is 8. The highest BCUT2D eigenvalue weighted by Gasteiger charge is 2.17. The molecule has 0 unspecified atom stereocenters. The molecule has 2 rings (SSSR count). The van der Waals surface area contributed by atoms with Crippen LogP contribution >= 0.6 is 0 Å². The maximum absolute atomic E-state index is 12.7. The highest BCUT2D eigenvalue weighted by atomic mass is 35.5. The quantitative estimate of drug-likeness (QED) is 0.160. The Bertz CT molecular complexity index is 867. The number of quaternary nitrogens is 2. The van der Waals surface area contributed by atoms with Crippen molar-refractivity contribution in [2.75, 3.05) is 28.2 Å². The summed E-state index contributed by atoms with van der Waals surface area (Å²) in [5, 5.41) is 21.3. The van der Waals surface area contributed by atoms with E-state index in [1.807, 2.05) is 28.2 Å². The van der Waals surface area contributed by atoms with Crippen LogP contribution in [0.1, 0.15) is 27.0 Å². The first kappa shape index (κ1) is 27.5. The van der Waals surface area contributed by atoms with Crippen LogP contribution in [0.15, 0.2) is 42.5 Å². The van der Waals surface area contributed by atoms with Gasteiger partial charge in [0, 0.05) is 28.8 Å². The summed E-state index contributed by atoms with van der Waals surface area (Å²) in [4.78, 5) is 25.2. The second-order valence-corrected chi connectivity index (χ2v) is 7.46. The van der Waals surface area contributed by atoms with E-state index < -0.39 is 4.92 Å². The van der Waals surface area contributed by atoms with Gasteiger partial charge in [-0.1, -0.05) is 6.08 Å². The highest BCUT2D eigenvalue weighted by molar-refractivity contribution is 6.07. The van der Waals surface area contributed by atoms with Gasteiger partial charge in [-0.3, -0.25) is 14.9 Å². The lowest BCUT2D eigenvalue weighted by Crippen LogP contribution is -3.04. The number of halogens is 2. The number of allylic oxidation sites excluding steroid dienone is 1. The fourth-order valence-electron chi connectivity index (χ4n) is 2.91. The summed E-state index contributed by atoms with van der Waals surface area (Å²) in [6.07, 6.45) is 3.08. The van der Waals surface area contributed by atoms with Crippen molar-refractivity contribution in [1.29, 1.82) is 0 Å². The Hall–Kier alpha value is -2.45. The first-order valence-electron chi connectivity index (χ1n) is 9.07. The zero-order valence-corrected chi connectivity index (χ0v) is 18.9. The van der Waals surface area contributed by atoms with Gasteiger partial charge in [-0.15, -0.1) is 0 Å². The van der Waals surface area contributed by atoms with Crippen LogP contribution in [0.5, 0.6) is 5.75 Å². The lowest BCUT2D eigenvalue weighted by atomic mass is 10.00. The van der Waals surface area contributed by atoms with Gasteiger partial charge in [-0.25, -0.2) is 0 Å². The number of benzene rings is 2. The number of aromatic hydroxyl groups is 1. The van der Waals surface area contributed by atoms with Crippen LogP contribution in [0.3, 0.4) is 0 Å². The molecule has 9 heteroatoms. The number of phenols is 1. The molecule has 0 aliphatic rings. The Morgan fingerprint density at radius 2 is 1.47 bits per heavy atom. The van der Waals surface area contributed by atoms with Crippen molar-refractivity contribution in [2.45, 2.75) is 13.1 Å². The van der Waals surface area contributed by atoms with Crippen LogP contribution in [0.25, 0.3) is 6.08 Å². The summed E-state index contributed by atoms with van der Waals surface area (Å²) in [6, 6.07) is 9.47. The number of carbonyl (C=O) groups is 1. The second-order valence-electron chi connectivity index (χ2n) is 7.46. The van der Waals surface area contributed by atoms with Gasteiger partial charge in [0.2, 0.25) is 0 Å². The fourth-order valence-corrected chi connectivity index (χ4v) is 2.91. The molecule has 0 fully saturated rings. The summed E-state index contributed by atoms with van der Waals surface area (Å²) in [5.41, 5.74) is 2.71. The normalized spacial score (nSPS) is 10.7. The molecule has 0 saturated carbocycles. The maximum atomic E-state index is 12.7. The first-order chi connectivity index (χ1) is 13.2. The van der Waals surface area contributed by atoms with E-state index in [1.54, 1.807) is 30.3 Å². The minimum atomic E-state index is -0.461. The number of ketones is 1. The Balaban J connectivity index is 0.00000420. The van der Waals surface area contributed by atoms with Gasteiger partial charge in [-0.05, 0) is 35.9 Å². The van der Waals surface area contributed by atoms with Gasteiger partial charge in [0.1, 0.15) is 18.8 Å². The third kappa shape index (κ3) is 7.76. The SMILES string of the molecule is C[NH+](C)Cc1cc(C(=O)/C=C/c2ccc([N+](=O)[O-])cc2)cc(C[NH+](C)C)c1O.[Cl-].[Cl-]. The van der Waals surface area contributed by atoms with Crippen molar-refractivity contribution in [3.05, 3.63) is 74.8 Å². The monoisotopic (exact) mass is 455 g/mol. The largest absolute Gasteiger partial charge is 1.00 e. The van der Waals surface area contributed by atoms with Crippen molar-refractivity contribution >= 4 is 17.5 Å². The number of nitro groups is 1. The van der Waals surface area contributed by atoms with Gasteiger partial charge in [0.25, 0.3) is 5.69 Å². The number of nitrogens with zero attached hydrogens (tertiary/aromatic N) is 1. The van der Waals surface area contributed by atoms with Crippen molar-refractivity contribution in [1.82, 2.24) is 0 Å². The summed E-state index contributed by atoms with van der Waals surface area (Å²) >= 11 is 0. The average molecular weight is 456 g/mol. The molecule has 2 aromatic rings. The summed E-state index contributed by atoms with van der Waals surface area (Å²) < 4.78 is 0. The number of carbonyl (C=O) groups excluding carboxylic acids is 1. The van der Waals surface area contributed by atoms with E-state index >= 15 is 0 Å². The number of nitro benzene ring substituents is 1. The second kappa shape index (κ2) is 12.3. The van der Waals surface area contributed by atoms with E-state index in [0.717, 1.165) is 20.9 Å². The molecule has 0 amide bonds. The van der Waals surface area contributed by atoms with E-state index in [0.29, 0.717) is 24.2 Å². The minimum Gasteiger partial charge on any atom is -1.00 e. The van der Waals surface area contributed by atoms with Crippen LogP contribution in [-0.4, -0.2) is 44.0 Å². The molecule has 0 bridgehead atoms. The zero-order chi connectivity index (χ0) is 20.8. The number of phenolic OH excluding ortho intramolecular Hbond substituents is 1. The van der Waals surface area contributed by atoms with Gasteiger partial charge in [0.15, 0.2) is 5.78 Å². The van der Waals surface area contributed by atoms with Gasteiger partial charge in [-0.2, -0.15) is 0 Å². The Labute approximate surface area is 189 Å². The van der Waals surface area contributed by atoms with E-state index in [4.69, 9.17) is 0 Å². The van der Waals surface area contributed by atoms with Crippen LogP contribution in [0, 0.1) is 10.1 Å². The molecule has 0 aliphatic heterocycles. The highest BCUT2D eigenvalue weighted by Crippen LogP contribution is 2.24. The molecular formula is C21H27Cl2N3O4. The third-order valence-electron chi connectivity index (χ3n) is 4.17. The minimum absolute atomic E-state index is 0. The number of non-ortho nitro benzene ring substituents is 1. The van der Waals surface area contributed by atoms with Crippen molar-refractivity contribution < 1.29 is 49.4 Å². The van der Waals surface area contributed by atoms with E-state index in [9.17, 15) is 20.0 Å². The third-order valence-corrected chi connectivity index (χ3v) is 4.17. The van der Waals surface area contributed by atoms with Gasteiger partial charge in [0.05, 0.1) is 33.1 Å². The molecular weight excluding hydrogens is 429 g/mol. The fraction of sp³-hybridized carbons (Fsp3) is 0.286. The molecule has 164 valence electrons. The predicted molar refractivity (Wildman–Crippen MR) is 108 cm³/mol. The van der Waals surface area contributed by atoms with E-state index in [-0.39, 0.29) is 42.0 Å². The summed E-state index contributed by atoms with van der Waals surface area (Å²) in [7, 11) is 7.94. The smallest absolute Gasteiger partial charge is 0.269 e. The van der Waals surface area contributed by atoms with Crippen molar-refractivity contribution in [3.8, 4) is 5.75 Å². The molecule has 3 N–H and O–H groups in total. The topological polar surface area (TPSA) is 89.3 Å². The van der Waals surface area contributed by atoms with E-state index in [1.165, 1.54) is 18.2 Å². The molecule has 0 aromatic heterocycles. The predicted octanol–water partition coefficient (Wildman–Crippen LogP) is -5.51. The average Bonchev–Trinajstić information content (AvgIpc) is 2.62. The number of nitrogens with one attached hydrogen (secondary N) is 2. The molecule has 0 saturated heterocycles. The molecule has 0 spiro atoms. The standard InChI is InChI=1S/C21H25N3O4.2ClH/c1-22(2)13-17-11-16(12-18(21(17)26)14-23(3)4)20(25)10-7-15-5-8-19(9-6-15)24(27)28;;/h5-12,26H,13-14H2,1-4H3;2*1H/b10-7+;;. The summed E-state index contributed by atoms with van der Waals surface area (Å²) in [5.74, 6) is 0.0710. The first-order valence-corrected chi connectivity index (χ1v) is 9.07. The number of hydrogen-bond donors (Lipinski definition) is 3. The molecule has 0 heterocycles. The molecule has 0 atom stereocenters. The Morgan fingerprint density at radius 1 is 1.00 bits per heavy atom. The maximum Gasteiger partial charge on any atom is 0.269 e. The lowest BCUT2D eigenvalue weighted by Gasteiger charge is -2.15. The van der Waals surface area contributed by atoms with Crippen molar-refractivity contribution in [2.24, 2.45) is 0 Å². The van der Waals surface area contributed by atoms with E-state index in [2.05, 4.69) is 0 Å². The van der Waals surface area contributed by atoms with Gasteiger partial charge >= 0.3 is 0 Å². The zero-order valence-electron chi connectivity index (χ0n) is 17.4. The molecule has 2 aromatic carbocycles. The van der Waals surface area contributed by atoms with Crippen molar-refractivity contribution in [3.63, 3.8) is 0 Å².